The van der Waals surface area contributed by atoms with Crippen LogP contribution in [0.1, 0.15) is 6.42 Å². The Morgan fingerprint density at radius 1 is 1.31 bits per heavy atom. The van der Waals surface area contributed by atoms with Crippen LogP contribution in [-0.4, -0.2) is 48.4 Å². The van der Waals surface area contributed by atoms with E-state index in [1.165, 1.54) is 0 Å². The molecule has 0 unspecified atom stereocenters. The fourth-order valence-corrected chi connectivity index (χ4v) is 4.06. The molecule has 0 radical (unpaired) electrons. The molecule has 2 heterocycles. The van der Waals surface area contributed by atoms with Crippen LogP contribution in [0.4, 0.5) is 0 Å². The van der Waals surface area contributed by atoms with Gasteiger partial charge in [-0.15, -0.1) is 6.58 Å². The number of hydrogen-bond donors (Lipinski definition) is 1. The Kier molecular flexibility index (Phi) is 4.36. The Balaban J connectivity index is 2.02. The van der Waals surface area contributed by atoms with Crippen LogP contribution >= 0.6 is 0 Å². The minimum atomic E-state index is -0.789. The van der Waals surface area contributed by atoms with Gasteiger partial charge in [-0.3, -0.25) is 0 Å². The van der Waals surface area contributed by atoms with Gasteiger partial charge in [0.2, 0.25) is 0 Å². The summed E-state index contributed by atoms with van der Waals surface area (Å²) in [6, 6.07) is 0. The smallest absolute Gasteiger partial charge is 0.336 e. The van der Waals surface area contributed by atoms with Crippen LogP contribution < -0.4 is 0 Å². The van der Waals surface area contributed by atoms with Gasteiger partial charge >= 0.3 is 17.9 Å². The van der Waals surface area contributed by atoms with E-state index < -0.39 is 54.0 Å². The maximum atomic E-state index is 12.1. The van der Waals surface area contributed by atoms with Crippen LogP contribution in [0.25, 0.3) is 0 Å². The largest absolute Gasteiger partial charge is 0.461 e. The van der Waals surface area contributed by atoms with Crippen LogP contribution in [0.3, 0.4) is 0 Å². The molecule has 1 saturated carbocycles. The summed E-state index contributed by atoms with van der Waals surface area (Å²) >= 11 is 0. The summed E-state index contributed by atoms with van der Waals surface area (Å²) in [5.41, 5.74) is -0.528. The summed E-state index contributed by atoms with van der Waals surface area (Å²) in [5.74, 6) is -3.09. The highest BCUT2D eigenvalue weighted by Crippen LogP contribution is 2.55. The zero-order chi connectivity index (χ0) is 19.2. The van der Waals surface area contributed by atoms with Gasteiger partial charge in [-0.25, -0.2) is 14.4 Å². The van der Waals surface area contributed by atoms with Gasteiger partial charge in [0.05, 0.1) is 18.1 Å². The predicted molar refractivity (Wildman–Crippen MR) is 89.5 cm³/mol. The molecule has 1 N–H and O–H groups in total. The number of esters is 3. The number of aliphatic hydroxyl groups excluding tert-OH is 1. The summed E-state index contributed by atoms with van der Waals surface area (Å²) in [7, 11) is 0. The molecule has 0 bridgehead atoms. The van der Waals surface area contributed by atoms with Crippen molar-refractivity contribution in [3.8, 4) is 0 Å². The van der Waals surface area contributed by atoms with Gasteiger partial charge in [-0.2, -0.15) is 0 Å². The van der Waals surface area contributed by atoms with Crippen LogP contribution in [0, 0.1) is 17.3 Å². The van der Waals surface area contributed by atoms with Crippen molar-refractivity contribution < 1.29 is 33.7 Å². The Labute approximate surface area is 150 Å². The second kappa shape index (κ2) is 6.25. The second-order valence-electron chi connectivity index (χ2n) is 6.85. The third-order valence-electron chi connectivity index (χ3n) is 5.45. The molecule has 5 atom stereocenters. The maximum absolute atomic E-state index is 12.1. The lowest BCUT2D eigenvalue weighted by Crippen LogP contribution is -2.57. The molecule has 0 aromatic rings. The summed E-state index contributed by atoms with van der Waals surface area (Å²) < 4.78 is 16.2. The molecular weight excluding hydrogens is 340 g/mol. The van der Waals surface area contributed by atoms with E-state index >= 15 is 0 Å². The lowest BCUT2D eigenvalue weighted by Gasteiger charge is -2.51. The van der Waals surface area contributed by atoms with Crippen LogP contribution in [-0.2, 0) is 28.6 Å². The number of hydrogen-bond acceptors (Lipinski definition) is 7. The summed E-state index contributed by atoms with van der Waals surface area (Å²) in [6.07, 6.45) is 0.340. The highest BCUT2D eigenvalue weighted by Gasteiger charge is 2.62. The maximum Gasteiger partial charge on any atom is 0.336 e. The normalized spacial score (nSPS) is 35.7. The molecule has 7 heteroatoms. The average molecular weight is 360 g/mol. The van der Waals surface area contributed by atoms with E-state index in [0.717, 1.165) is 0 Å². The van der Waals surface area contributed by atoms with E-state index in [4.69, 9.17) is 19.3 Å². The molecule has 138 valence electrons. The van der Waals surface area contributed by atoms with Crippen molar-refractivity contribution in [2.75, 3.05) is 13.2 Å². The van der Waals surface area contributed by atoms with Gasteiger partial charge in [0.15, 0.2) is 0 Å². The van der Waals surface area contributed by atoms with Crippen molar-refractivity contribution in [1.29, 1.82) is 0 Å². The SMILES string of the molecule is C=C[C@@]12COC(=O)C(=C)[C@H]1[C@H]1OC(=O)C(=C)[C@@H]1[C@@H](OC(=O)C(=C)CO)C2. The van der Waals surface area contributed by atoms with E-state index in [2.05, 4.69) is 26.3 Å². The average Bonchev–Trinajstić information content (AvgIpc) is 2.92. The van der Waals surface area contributed by atoms with Crippen molar-refractivity contribution in [3.05, 3.63) is 49.1 Å². The first-order chi connectivity index (χ1) is 12.3. The number of aliphatic hydroxyl groups is 1. The first-order valence-electron chi connectivity index (χ1n) is 8.14. The Morgan fingerprint density at radius 3 is 2.62 bits per heavy atom. The zero-order valence-electron chi connectivity index (χ0n) is 14.2. The monoisotopic (exact) mass is 360 g/mol. The quantitative estimate of drug-likeness (QED) is 0.343. The van der Waals surface area contributed by atoms with Crippen molar-refractivity contribution in [2.24, 2.45) is 17.3 Å². The number of carbonyl (C=O) groups is 3. The van der Waals surface area contributed by atoms with E-state index in [0.29, 0.717) is 0 Å². The Hall–Kier alpha value is -2.67. The Morgan fingerprint density at radius 2 is 2.00 bits per heavy atom. The van der Waals surface area contributed by atoms with Gasteiger partial charge < -0.3 is 19.3 Å². The molecule has 0 aromatic carbocycles. The van der Waals surface area contributed by atoms with Crippen molar-refractivity contribution in [2.45, 2.75) is 18.6 Å². The van der Waals surface area contributed by atoms with Gasteiger partial charge in [0.25, 0.3) is 0 Å². The van der Waals surface area contributed by atoms with Gasteiger partial charge in [0, 0.05) is 22.5 Å². The molecule has 2 saturated heterocycles. The van der Waals surface area contributed by atoms with Gasteiger partial charge in [-0.05, 0) is 6.42 Å². The van der Waals surface area contributed by atoms with E-state index in [-0.39, 0.29) is 29.7 Å². The summed E-state index contributed by atoms with van der Waals surface area (Å²) in [4.78, 5) is 36.3. The third-order valence-corrected chi connectivity index (χ3v) is 5.45. The molecule has 3 aliphatic rings. The fourth-order valence-electron chi connectivity index (χ4n) is 4.06. The number of ether oxygens (including phenoxy) is 3. The van der Waals surface area contributed by atoms with Crippen molar-refractivity contribution >= 4 is 17.9 Å². The molecule has 1 aliphatic carbocycles. The molecule has 26 heavy (non-hydrogen) atoms. The molecule has 0 aromatic heterocycles. The zero-order valence-corrected chi connectivity index (χ0v) is 14.2. The standard InChI is InChI=1S/C19H20O7/c1-5-19-6-12(25-16(21)9(2)7-20)13-10(3)18(23)26-15(13)14(19)11(4)17(22)24-8-19/h5,12-15,20H,1-4,6-8H2/t12-,13+,14-,15-,19+/m0/s1. The van der Waals surface area contributed by atoms with Gasteiger partial charge in [0.1, 0.15) is 18.8 Å². The molecule has 2 aliphatic heterocycles. The van der Waals surface area contributed by atoms with E-state index in [1.54, 1.807) is 6.08 Å². The van der Waals surface area contributed by atoms with Crippen LogP contribution in [0.5, 0.6) is 0 Å². The molecule has 3 fully saturated rings. The van der Waals surface area contributed by atoms with Crippen LogP contribution in [0.2, 0.25) is 0 Å². The number of cyclic esters (lactones) is 1. The highest BCUT2D eigenvalue weighted by molar-refractivity contribution is 5.93. The molecule has 3 rings (SSSR count). The van der Waals surface area contributed by atoms with E-state index in [9.17, 15) is 14.4 Å². The number of fused-ring (bicyclic) bond motifs is 3. The molecule has 0 spiro atoms. The number of carbonyl (C=O) groups excluding carboxylic acids is 3. The minimum Gasteiger partial charge on any atom is -0.461 e. The Bertz CT molecular complexity index is 749. The van der Waals surface area contributed by atoms with Gasteiger partial charge in [-0.1, -0.05) is 25.8 Å². The summed E-state index contributed by atoms with van der Waals surface area (Å²) in [6.45, 7) is 14.3. The lowest BCUT2D eigenvalue weighted by molar-refractivity contribution is -0.176. The lowest BCUT2D eigenvalue weighted by atomic mass is 9.57. The molecular formula is C19H20O7. The van der Waals surface area contributed by atoms with Crippen LogP contribution in [0.15, 0.2) is 49.1 Å². The van der Waals surface area contributed by atoms with Crippen molar-refractivity contribution in [3.63, 3.8) is 0 Å². The highest BCUT2D eigenvalue weighted by atomic mass is 16.6. The first-order valence-corrected chi connectivity index (χ1v) is 8.14. The van der Waals surface area contributed by atoms with Crippen molar-refractivity contribution in [1.82, 2.24) is 0 Å². The topological polar surface area (TPSA) is 99.1 Å². The first kappa shape index (κ1) is 18.1. The minimum absolute atomic E-state index is 0.0151. The third kappa shape index (κ3) is 2.50. The fraction of sp³-hybridized carbons (Fsp3) is 0.421. The molecule has 0 amide bonds. The predicted octanol–water partition coefficient (Wildman–Crippen LogP) is 0.850. The second-order valence-corrected chi connectivity index (χ2v) is 6.85. The van der Waals surface area contributed by atoms with E-state index in [1.807, 2.05) is 0 Å². The number of rotatable bonds is 4. The summed E-state index contributed by atoms with van der Waals surface area (Å²) in [5, 5.41) is 9.08. The molecule has 7 nitrogen and oxygen atoms in total.